The monoisotopic (exact) mass is 451 g/mol. The first-order valence-electron chi connectivity index (χ1n) is 7.54. The van der Waals surface area contributed by atoms with Gasteiger partial charge in [0.05, 0.1) is 10.5 Å². The van der Waals surface area contributed by atoms with Crippen LogP contribution >= 0.6 is 24.0 Å². The quantitative estimate of drug-likeness (QED) is 0.436. The van der Waals surface area contributed by atoms with Gasteiger partial charge < -0.3 is 10.2 Å². The zero-order chi connectivity index (χ0) is 16.4. The molecule has 0 saturated carbocycles. The SMILES string of the molecule is CN=C(NCCS(=O)(=O)C(C)(C)C)N1CCc2ccccc21.I. The van der Waals surface area contributed by atoms with E-state index in [1.54, 1.807) is 27.8 Å². The molecular weight excluding hydrogens is 425 g/mol. The fourth-order valence-corrected chi connectivity index (χ4v) is 3.44. The molecule has 1 N–H and O–H groups in total. The first-order valence-corrected chi connectivity index (χ1v) is 9.20. The molecule has 1 aliphatic heterocycles. The summed E-state index contributed by atoms with van der Waals surface area (Å²) >= 11 is 0. The van der Waals surface area contributed by atoms with Crippen LogP contribution in [0.4, 0.5) is 5.69 Å². The molecule has 0 atom stereocenters. The molecule has 0 unspecified atom stereocenters. The average molecular weight is 451 g/mol. The first kappa shape index (κ1) is 20.2. The van der Waals surface area contributed by atoms with Crippen molar-refractivity contribution in [1.29, 1.82) is 0 Å². The maximum absolute atomic E-state index is 12.1. The number of anilines is 1. The molecule has 5 nitrogen and oxygen atoms in total. The highest BCUT2D eigenvalue weighted by atomic mass is 127. The standard InChI is InChI=1S/C16H25N3O2S.HI/c1-16(2,3)22(20,21)12-10-18-15(17-4)19-11-9-13-7-5-6-8-14(13)19;/h5-8H,9-12H2,1-4H3,(H,17,18);1H. The van der Waals surface area contributed by atoms with Crippen molar-refractivity contribution in [2.75, 3.05) is 30.8 Å². The number of rotatable bonds is 3. The number of hydrogen-bond acceptors (Lipinski definition) is 3. The number of halogens is 1. The van der Waals surface area contributed by atoms with Gasteiger partial charge in [0, 0.05) is 25.8 Å². The maximum Gasteiger partial charge on any atom is 0.198 e. The Hall–Kier alpha value is -0.830. The van der Waals surface area contributed by atoms with Crippen LogP contribution in [0.2, 0.25) is 0 Å². The van der Waals surface area contributed by atoms with Gasteiger partial charge in [-0.1, -0.05) is 18.2 Å². The Balaban J connectivity index is 0.00000264. The lowest BCUT2D eigenvalue weighted by atomic mass is 10.2. The van der Waals surface area contributed by atoms with Crippen molar-refractivity contribution in [3.05, 3.63) is 29.8 Å². The number of guanidine groups is 1. The van der Waals surface area contributed by atoms with E-state index in [4.69, 9.17) is 0 Å². The second kappa shape index (κ2) is 7.83. The van der Waals surface area contributed by atoms with Gasteiger partial charge in [0.25, 0.3) is 0 Å². The van der Waals surface area contributed by atoms with Crippen molar-refractivity contribution in [3.63, 3.8) is 0 Å². The smallest absolute Gasteiger partial charge is 0.198 e. The van der Waals surface area contributed by atoms with E-state index in [0.29, 0.717) is 6.54 Å². The zero-order valence-corrected chi connectivity index (χ0v) is 17.3. The van der Waals surface area contributed by atoms with E-state index in [0.717, 1.165) is 24.6 Å². The lowest BCUT2D eigenvalue weighted by Crippen LogP contribution is -2.43. The van der Waals surface area contributed by atoms with Crippen molar-refractivity contribution >= 4 is 45.5 Å². The summed E-state index contributed by atoms with van der Waals surface area (Å²) in [6, 6.07) is 8.23. The topological polar surface area (TPSA) is 61.8 Å². The van der Waals surface area contributed by atoms with Crippen LogP contribution < -0.4 is 10.2 Å². The number of sulfone groups is 1. The summed E-state index contributed by atoms with van der Waals surface area (Å²) in [4.78, 5) is 6.40. The lowest BCUT2D eigenvalue weighted by molar-refractivity contribution is 0.559. The summed E-state index contributed by atoms with van der Waals surface area (Å²) < 4.78 is 23.6. The van der Waals surface area contributed by atoms with Crippen LogP contribution in [0.25, 0.3) is 0 Å². The fraction of sp³-hybridized carbons (Fsp3) is 0.562. The molecule has 0 bridgehead atoms. The Morgan fingerprint density at radius 1 is 1.30 bits per heavy atom. The Bertz CT molecular complexity index is 666. The van der Waals surface area contributed by atoms with E-state index in [2.05, 4.69) is 27.3 Å². The number of hydrogen-bond donors (Lipinski definition) is 1. The highest BCUT2D eigenvalue weighted by molar-refractivity contribution is 14.0. The van der Waals surface area contributed by atoms with Gasteiger partial charge in [-0.25, -0.2) is 8.42 Å². The molecule has 1 aromatic rings. The van der Waals surface area contributed by atoms with Crippen LogP contribution in [-0.2, 0) is 16.3 Å². The van der Waals surface area contributed by atoms with Crippen LogP contribution in [0.15, 0.2) is 29.3 Å². The molecule has 1 heterocycles. The van der Waals surface area contributed by atoms with E-state index in [9.17, 15) is 8.42 Å². The van der Waals surface area contributed by atoms with Gasteiger partial charge in [-0.05, 0) is 38.8 Å². The van der Waals surface area contributed by atoms with Gasteiger partial charge in [0.15, 0.2) is 15.8 Å². The Morgan fingerprint density at radius 3 is 2.57 bits per heavy atom. The van der Waals surface area contributed by atoms with Crippen molar-refractivity contribution in [2.24, 2.45) is 4.99 Å². The Labute approximate surface area is 156 Å². The van der Waals surface area contributed by atoms with Gasteiger partial charge in [-0.3, -0.25) is 4.99 Å². The number of aliphatic imine (C=N–C) groups is 1. The molecule has 0 aliphatic carbocycles. The minimum Gasteiger partial charge on any atom is -0.355 e. The van der Waals surface area contributed by atoms with E-state index < -0.39 is 14.6 Å². The molecule has 2 rings (SSSR count). The molecular formula is C16H26IN3O2S. The van der Waals surface area contributed by atoms with E-state index in [-0.39, 0.29) is 29.7 Å². The van der Waals surface area contributed by atoms with E-state index >= 15 is 0 Å². The first-order chi connectivity index (χ1) is 10.3. The normalized spacial score (nSPS) is 15.1. The fourth-order valence-electron chi connectivity index (χ4n) is 2.46. The molecule has 1 aliphatic rings. The highest BCUT2D eigenvalue weighted by Crippen LogP contribution is 2.27. The summed E-state index contributed by atoms with van der Waals surface area (Å²) in [6.07, 6.45) is 0.983. The number of fused-ring (bicyclic) bond motifs is 1. The molecule has 130 valence electrons. The van der Waals surface area contributed by atoms with Crippen LogP contribution in [0.1, 0.15) is 26.3 Å². The van der Waals surface area contributed by atoms with Crippen molar-refractivity contribution in [1.82, 2.24) is 5.32 Å². The van der Waals surface area contributed by atoms with Gasteiger partial charge in [-0.15, -0.1) is 24.0 Å². The van der Waals surface area contributed by atoms with Crippen molar-refractivity contribution in [3.8, 4) is 0 Å². The molecule has 23 heavy (non-hydrogen) atoms. The summed E-state index contributed by atoms with van der Waals surface area (Å²) in [5, 5.41) is 3.18. The predicted molar refractivity (Wildman–Crippen MR) is 108 cm³/mol. The third-order valence-corrected chi connectivity index (χ3v) is 6.55. The van der Waals surface area contributed by atoms with Crippen LogP contribution in [0.3, 0.4) is 0 Å². The molecule has 0 amide bonds. The third kappa shape index (κ3) is 4.59. The number of para-hydroxylation sites is 1. The molecule has 0 aromatic heterocycles. The molecule has 0 fully saturated rings. The summed E-state index contributed by atoms with van der Waals surface area (Å²) in [5.74, 6) is 0.833. The molecule has 0 radical (unpaired) electrons. The number of nitrogens with one attached hydrogen (secondary N) is 1. The number of nitrogens with zero attached hydrogens (tertiary/aromatic N) is 2. The van der Waals surface area contributed by atoms with E-state index in [1.165, 1.54) is 5.56 Å². The van der Waals surface area contributed by atoms with Gasteiger partial charge in [0.1, 0.15) is 0 Å². The summed E-state index contributed by atoms with van der Waals surface area (Å²) in [7, 11) is -1.40. The Kier molecular flexibility index (Phi) is 6.88. The highest BCUT2D eigenvalue weighted by Gasteiger charge is 2.29. The predicted octanol–water partition coefficient (Wildman–Crippen LogP) is 2.46. The average Bonchev–Trinajstić information content (AvgIpc) is 2.86. The zero-order valence-electron chi connectivity index (χ0n) is 14.2. The van der Waals surface area contributed by atoms with Crippen LogP contribution in [0, 0.1) is 0 Å². The molecule has 0 spiro atoms. The maximum atomic E-state index is 12.1. The van der Waals surface area contributed by atoms with E-state index in [1.807, 2.05) is 12.1 Å². The largest absolute Gasteiger partial charge is 0.355 e. The second-order valence-corrected chi connectivity index (χ2v) is 9.30. The van der Waals surface area contributed by atoms with Crippen LogP contribution in [-0.4, -0.2) is 45.0 Å². The number of benzene rings is 1. The Morgan fingerprint density at radius 2 is 1.96 bits per heavy atom. The van der Waals surface area contributed by atoms with Gasteiger partial charge >= 0.3 is 0 Å². The van der Waals surface area contributed by atoms with Crippen molar-refractivity contribution in [2.45, 2.75) is 31.9 Å². The third-order valence-electron chi connectivity index (χ3n) is 3.94. The van der Waals surface area contributed by atoms with Crippen molar-refractivity contribution < 1.29 is 8.42 Å². The van der Waals surface area contributed by atoms with Crippen LogP contribution in [0.5, 0.6) is 0 Å². The molecule has 0 saturated heterocycles. The minimum absolute atomic E-state index is 0. The second-order valence-electron chi connectivity index (χ2n) is 6.44. The van der Waals surface area contributed by atoms with Gasteiger partial charge in [0.2, 0.25) is 0 Å². The molecule has 1 aromatic carbocycles. The summed E-state index contributed by atoms with van der Waals surface area (Å²) in [6.45, 7) is 6.42. The summed E-state index contributed by atoms with van der Waals surface area (Å²) in [5.41, 5.74) is 2.45. The minimum atomic E-state index is -3.12. The lowest BCUT2D eigenvalue weighted by Gasteiger charge is -2.23. The molecule has 7 heteroatoms. The van der Waals surface area contributed by atoms with Gasteiger partial charge in [-0.2, -0.15) is 0 Å².